The molecule has 33 heavy (non-hydrogen) atoms. The molecule has 0 amide bonds. The van der Waals surface area contributed by atoms with E-state index in [4.69, 9.17) is 28.8 Å². The van der Waals surface area contributed by atoms with Crippen molar-refractivity contribution in [3.8, 4) is 5.88 Å². The van der Waals surface area contributed by atoms with Gasteiger partial charge in [-0.3, -0.25) is 18.1 Å². The zero-order valence-corrected chi connectivity index (χ0v) is 18.8. The summed E-state index contributed by atoms with van der Waals surface area (Å²) in [6.07, 6.45) is 2.25. The number of rotatable bonds is 5. The van der Waals surface area contributed by atoms with E-state index in [1.165, 1.54) is 24.3 Å². The van der Waals surface area contributed by atoms with E-state index in [2.05, 4.69) is 19.9 Å². The van der Waals surface area contributed by atoms with E-state index in [9.17, 15) is 9.67 Å². The Morgan fingerprint density at radius 1 is 1.30 bits per heavy atom. The third kappa shape index (κ3) is 4.19. The Kier molecular flexibility index (Phi) is 5.55. The second-order valence-electron chi connectivity index (χ2n) is 7.96. The van der Waals surface area contributed by atoms with Gasteiger partial charge in [0.1, 0.15) is 17.4 Å². The highest BCUT2D eigenvalue weighted by molar-refractivity contribution is 7.48. The topological polar surface area (TPSA) is 166 Å². The van der Waals surface area contributed by atoms with Crippen molar-refractivity contribution < 1.29 is 32.7 Å². The average Bonchev–Trinajstić information content (AvgIpc) is 3.34. The van der Waals surface area contributed by atoms with Crippen LogP contribution in [-0.4, -0.2) is 55.2 Å². The largest absolute Gasteiger partial charge is 0.481 e. The normalized spacial score (nSPS) is 32.3. The number of aliphatic hydroxyl groups is 1. The Labute approximate surface area is 188 Å². The molecule has 0 aliphatic carbocycles. The van der Waals surface area contributed by atoms with Crippen molar-refractivity contribution in [2.24, 2.45) is 0 Å². The lowest BCUT2D eigenvalue weighted by Gasteiger charge is -2.30. The van der Waals surface area contributed by atoms with Crippen LogP contribution in [0.15, 0.2) is 31.0 Å². The summed E-state index contributed by atoms with van der Waals surface area (Å²) in [5.41, 5.74) is 5.92. The van der Waals surface area contributed by atoms with Crippen LogP contribution in [0.2, 0.25) is 0 Å². The van der Waals surface area contributed by atoms with Crippen molar-refractivity contribution in [2.75, 3.05) is 19.5 Å². The zero-order valence-electron chi connectivity index (χ0n) is 17.9. The molecule has 5 rings (SSSR count). The van der Waals surface area contributed by atoms with Gasteiger partial charge in [-0.25, -0.2) is 24.5 Å². The fraction of sp³-hybridized carbons (Fsp3) is 0.474. The Morgan fingerprint density at radius 2 is 2.15 bits per heavy atom. The van der Waals surface area contributed by atoms with Gasteiger partial charge in [-0.05, 0) is 13.0 Å². The minimum Gasteiger partial charge on any atom is -0.481 e. The van der Waals surface area contributed by atoms with Crippen LogP contribution in [0.3, 0.4) is 0 Å². The van der Waals surface area contributed by atoms with E-state index in [0.717, 1.165) is 0 Å². The summed E-state index contributed by atoms with van der Waals surface area (Å²) in [5.74, 6) is 0.661. The fourth-order valence-corrected chi connectivity index (χ4v) is 5.34. The molecule has 3 unspecified atom stereocenters. The van der Waals surface area contributed by atoms with Crippen LogP contribution in [-0.2, 0) is 22.9 Å². The lowest BCUT2D eigenvalue weighted by molar-refractivity contribution is -0.136. The van der Waals surface area contributed by atoms with E-state index in [1.807, 2.05) is 0 Å². The molecule has 0 aromatic carbocycles. The summed E-state index contributed by atoms with van der Waals surface area (Å²) < 4.78 is 42.4. The first-order valence-corrected chi connectivity index (χ1v) is 11.7. The molecular formula is C19H23N6O7P. The van der Waals surface area contributed by atoms with Gasteiger partial charge in [-0.15, -0.1) is 0 Å². The monoisotopic (exact) mass is 478 g/mol. The van der Waals surface area contributed by atoms with Gasteiger partial charge in [-0.1, -0.05) is 0 Å². The van der Waals surface area contributed by atoms with Crippen molar-refractivity contribution in [3.63, 3.8) is 0 Å². The van der Waals surface area contributed by atoms with E-state index in [0.29, 0.717) is 29.0 Å². The highest BCUT2D eigenvalue weighted by Gasteiger charge is 2.50. The summed E-state index contributed by atoms with van der Waals surface area (Å²) in [7, 11) is -2.46. The summed E-state index contributed by atoms with van der Waals surface area (Å²) in [6, 6.07) is 3.46. The van der Waals surface area contributed by atoms with Crippen molar-refractivity contribution in [3.05, 3.63) is 36.5 Å². The standard InChI is InChI=1S/C19H23N6O7P/c1-19(26)7-14(30-18(19)25-10-24-15-16(20)22-9-23-17(15)25)32-33(27)29-6-5-12(31-33)11-3-4-13(28-2)21-8-11/h3-4,8-10,12,14,18,26H,5-7H2,1-2H3,(H2,20,22,23)/t12?,14?,18-,19-,33?/m1/s1. The summed E-state index contributed by atoms with van der Waals surface area (Å²) in [5, 5.41) is 11.0. The van der Waals surface area contributed by atoms with Crippen molar-refractivity contribution >= 4 is 24.8 Å². The van der Waals surface area contributed by atoms with Crippen LogP contribution in [0, 0.1) is 0 Å². The number of hydrogen-bond donors (Lipinski definition) is 2. The molecule has 3 aromatic rings. The molecule has 3 aromatic heterocycles. The number of nitrogens with two attached hydrogens (primary N) is 1. The molecule has 5 heterocycles. The number of nitrogens with zero attached hydrogens (tertiary/aromatic N) is 5. The SMILES string of the molecule is COc1ccc(C2CCOP(=O)(OC3C[C@@](C)(O)[C@H](n4cnc5c(N)ncnc54)O3)O2)cn1. The summed E-state index contributed by atoms with van der Waals surface area (Å²) >= 11 is 0. The van der Waals surface area contributed by atoms with Crippen LogP contribution >= 0.6 is 7.82 Å². The predicted octanol–water partition coefficient (Wildman–Crippen LogP) is 2.11. The maximum Gasteiger partial charge on any atom is 0.477 e. The van der Waals surface area contributed by atoms with Gasteiger partial charge in [0.15, 0.2) is 24.0 Å². The molecule has 0 spiro atoms. The van der Waals surface area contributed by atoms with Gasteiger partial charge in [-0.2, -0.15) is 0 Å². The van der Waals surface area contributed by atoms with Gasteiger partial charge in [0.05, 0.1) is 26.1 Å². The number of phosphoric acid groups is 1. The van der Waals surface area contributed by atoms with Crippen LogP contribution in [0.25, 0.3) is 11.2 Å². The third-order valence-electron chi connectivity index (χ3n) is 5.50. The van der Waals surface area contributed by atoms with E-state index >= 15 is 0 Å². The van der Waals surface area contributed by atoms with Gasteiger partial charge >= 0.3 is 7.82 Å². The number of ether oxygens (including phenoxy) is 2. The number of anilines is 1. The number of hydrogen-bond acceptors (Lipinski definition) is 12. The first-order chi connectivity index (χ1) is 15.8. The lowest BCUT2D eigenvalue weighted by atomic mass is 10.0. The number of phosphoric ester groups is 1. The van der Waals surface area contributed by atoms with Crippen LogP contribution < -0.4 is 10.5 Å². The number of imidazole rings is 1. The fourth-order valence-electron chi connectivity index (χ4n) is 3.89. The molecule has 13 nitrogen and oxygen atoms in total. The summed E-state index contributed by atoms with van der Waals surface area (Å²) in [6.45, 7) is 1.73. The minimum atomic E-state index is -3.98. The van der Waals surface area contributed by atoms with Gasteiger partial charge in [0.25, 0.3) is 0 Å². The molecule has 3 N–H and O–H groups in total. The third-order valence-corrected chi connectivity index (χ3v) is 7.01. The Bertz CT molecular complexity index is 1200. The van der Waals surface area contributed by atoms with Gasteiger partial charge < -0.3 is 20.3 Å². The maximum absolute atomic E-state index is 13.2. The van der Waals surface area contributed by atoms with Crippen LogP contribution in [0.1, 0.15) is 37.7 Å². The van der Waals surface area contributed by atoms with Gasteiger partial charge in [0, 0.05) is 30.7 Å². The quantitative estimate of drug-likeness (QED) is 0.514. The minimum absolute atomic E-state index is 0.00335. The molecular weight excluding hydrogens is 455 g/mol. The molecule has 0 radical (unpaired) electrons. The Balaban J connectivity index is 1.32. The van der Waals surface area contributed by atoms with Crippen LogP contribution in [0.4, 0.5) is 5.82 Å². The average molecular weight is 478 g/mol. The predicted molar refractivity (Wildman–Crippen MR) is 113 cm³/mol. The number of methoxy groups -OCH3 is 1. The zero-order chi connectivity index (χ0) is 23.2. The second-order valence-corrected chi connectivity index (χ2v) is 9.54. The number of aromatic nitrogens is 5. The smallest absolute Gasteiger partial charge is 0.477 e. The molecule has 14 heteroatoms. The molecule has 176 valence electrons. The summed E-state index contributed by atoms with van der Waals surface area (Å²) in [4.78, 5) is 16.4. The number of fused-ring (bicyclic) bond motifs is 1. The second kappa shape index (κ2) is 8.28. The van der Waals surface area contributed by atoms with E-state index < -0.39 is 32.0 Å². The number of nitrogen functional groups attached to an aromatic ring is 1. The number of pyridine rings is 1. The van der Waals surface area contributed by atoms with Crippen molar-refractivity contribution in [1.29, 1.82) is 0 Å². The highest BCUT2D eigenvalue weighted by atomic mass is 31.2. The lowest BCUT2D eigenvalue weighted by Crippen LogP contribution is -2.31. The molecule has 0 bridgehead atoms. The first kappa shape index (κ1) is 22.1. The van der Waals surface area contributed by atoms with Gasteiger partial charge in [0.2, 0.25) is 5.88 Å². The molecule has 0 saturated carbocycles. The van der Waals surface area contributed by atoms with Crippen molar-refractivity contribution in [1.82, 2.24) is 24.5 Å². The van der Waals surface area contributed by atoms with E-state index in [-0.39, 0.29) is 18.8 Å². The van der Waals surface area contributed by atoms with E-state index in [1.54, 1.807) is 25.3 Å². The Hall–Kier alpha value is -2.67. The molecule has 2 saturated heterocycles. The maximum atomic E-state index is 13.2. The molecule has 2 aliphatic heterocycles. The molecule has 2 fully saturated rings. The molecule has 2 aliphatic rings. The van der Waals surface area contributed by atoms with Crippen LogP contribution in [0.5, 0.6) is 5.88 Å². The molecule has 5 atom stereocenters. The first-order valence-electron chi connectivity index (χ1n) is 10.2. The van der Waals surface area contributed by atoms with Crippen molar-refractivity contribution in [2.45, 2.75) is 44.0 Å². The Morgan fingerprint density at radius 3 is 2.91 bits per heavy atom. The highest BCUT2D eigenvalue weighted by Crippen LogP contribution is 2.59.